The van der Waals surface area contributed by atoms with Gasteiger partial charge < -0.3 is 5.11 Å². The van der Waals surface area contributed by atoms with Gasteiger partial charge in [0.25, 0.3) is 0 Å². The van der Waals surface area contributed by atoms with Gasteiger partial charge in [0.2, 0.25) is 0 Å². The maximum Gasteiger partial charge on any atom is 0.0787 e. The Morgan fingerprint density at radius 3 is 2.15 bits per heavy atom. The average Bonchev–Trinajstić information content (AvgIpc) is 2.12. The van der Waals surface area contributed by atoms with Crippen LogP contribution in [0.4, 0.5) is 0 Å². The largest absolute Gasteiger partial charge is 0.388 e. The molecule has 0 bridgehead atoms. The summed E-state index contributed by atoms with van der Waals surface area (Å²) >= 11 is 6.02. The van der Waals surface area contributed by atoms with E-state index >= 15 is 0 Å². The molecular weight excluding hydrogens is 184 g/mol. The Hall–Kier alpha value is -0.530. The molecular formula is C11H15ClO. The molecule has 1 rings (SSSR count). The minimum atomic E-state index is -0.366. The standard InChI is InChI=1S/C11H15ClO/c1-4-10(13)9-5-7(2)11(12)8(3)6-9/h5-6,10,13H,4H2,1-3H3/t10-/m0/s1. The van der Waals surface area contributed by atoms with Crippen molar-refractivity contribution in [3.8, 4) is 0 Å². The molecule has 0 saturated heterocycles. The van der Waals surface area contributed by atoms with Crippen molar-refractivity contribution in [3.05, 3.63) is 33.8 Å². The second kappa shape index (κ2) is 4.12. The van der Waals surface area contributed by atoms with Gasteiger partial charge >= 0.3 is 0 Å². The lowest BCUT2D eigenvalue weighted by atomic mass is 10.0. The molecule has 72 valence electrons. The second-order valence-corrected chi connectivity index (χ2v) is 3.77. The van der Waals surface area contributed by atoms with E-state index < -0.39 is 0 Å². The Morgan fingerprint density at radius 2 is 1.77 bits per heavy atom. The van der Waals surface area contributed by atoms with Crippen LogP contribution in [0.1, 0.15) is 36.1 Å². The molecule has 0 aliphatic rings. The molecule has 0 fully saturated rings. The lowest BCUT2D eigenvalue weighted by molar-refractivity contribution is 0.173. The van der Waals surface area contributed by atoms with E-state index in [2.05, 4.69) is 0 Å². The first-order valence-electron chi connectivity index (χ1n) is 4.51. The zero-order valence-electron chi connectivity index (χ0n) is 8.26. The molecule has 0 saturated carbocycles. The van der Waals surface area contributed by atoms with Crippen molar-refractivity contribution in [2.24, 2.45) is 0 Å². The molecule has 0 amide bonds. The van der Waals surface area contributed by atoms with Gasteiger partial charge in [-0.2, -0.15) is 0 Å². The topological polar surface area (TPSA) is 20.2 Å². The van der Waals surface area contributed by atoms with Gasteiger partial charge in [-0.15, -0.1) is 0 Å². The van der Waals surface area contributed by atoms with E-state index in [0.29, 0.717) is 0 Å². The number of aryl methyl sites for hydroxylation is 2. The average molecular weight is 199 g/mol. The Labute approximate surface area is 84.4 Å². The first kappa shape index (κ1) is 10.6. The highest BCUT2D eigenvalue weighted by molar-refractivity contribution is 6.32. The molecule has 0 aliphatic heterocycles. The molecule has 0 heterocycles. The first-order chi connectivity index (χ1) is 6.06. The number of aliphatic hydroxyl groups excluding tert-OH is 1. The molecule has 1 aromatic rings. The fraction of sp³-hybridized carbons (Fsp3) is 0.455. The number of rotatable bonds is 2. The van der Waals surface area contributed by atoms with Gasteiger partial charge in [-0.1, -0.05) is 30.7 Å². The van der Waals surface area contributed by atoms with Crippen LogP contribution in [0.2, 0.25) is 5.02 Å². The van der Waals surface area contributed by atoms with Crippen molar-refractivity contribution in [3.63, 3.8) is 0 Å². The van der Waals surface area contributed by atoms with E-state index in [1.165, 1.54) is 0 Å². The van der Waals surface area contributed by atoms with Crippen LogP contribution in [0, 0.1) is 13.8 Å². The fourth-order valence-electron chi connectivity index (χ4n) is 1.41. The van der Waals surface area contributed by atoms with Crippen molar-refractivity contribution < 1.29 is 5.11 Å². The van der Waals surface area contributed by atoms with Crippen LogP contribution in [-0.2, 0) is 0 Å². The molecule has 0 aliphatic carbocycles. The lowest BCUT2D eigenvalue weighted by Gasteiger charge is -2.11. The Morgan fingerprint density at radius 1 is 1.31 bits per heavy atom. The molecule has 1 nitrogen and oxygen atoms in total. The predicted octanol–water partition coefficient (Wildman–Crippen LogP) is 3.40. The molecule has 2 heteroatoms. The monoisotopic (exact) mass is 198 g/mol. The van der Waals surface area contributed by atoms with Gasteiger partial charge in [0.15, 0.2) is 0 Å². The molecule has 13 heavy (non-hydrogen) atoms. The second-order valence-electron chi connectivity index (χ2n) is 3.39. The Kier molecular flexibility index (Phi) is 3.34. The SMILES string of the molecule is CC[C@H](O)c1cc(C)c(Cl)c(C)c1. The normalized spacial score (nSPS) is 13.0. The molecule has 0 radical (unpaired) electrons. The highest BCUT2D eigenvalue weighted by Crippen LogP contribution is 2.26. The number of hydrogen-bond donors (Lipinski definition) is 1. The highest BCUT2D eigenvalue weighted by atomic mass is 35.5. The van der Waals surface area contributed by atoms with Crippen LogP contribution in [0.5, 0.6) is 0 Å². The molecule has 1 atom stereocenters. The zero-order valence-corrected chi connectivity index (χ0v) is 9.02. The molecule has 0 aromatic heterocycles. The van der Waals surface area contributed by atoms with E-state index in [1.54, 1.807) is 0 Å². The maximum atomic E-state index is 9.63. The summed E-state index contributed by atoms with van der Waals surface area (Å²) in [6.07, 6.45) is 0.371. The summed E-state index contributed by atoms with van der Waals surface area (Å²) in [5.41, 5.74) is 3.02. The van der Waals surface area contributed by atoms with Crippen molar-refractivity contribution >= 4 is 11.6 Å². The van der Waals surface area contributed by atoms with Crippen molar-refractivity contribution in [2.45, 2.75) is 33.3 Å². The molecule has 1 N–H and O–H groups in total. The molecule has 0 unspecified atom stereocenters. The lowest BCUT2D eigenvalue weighted by Crippen LogP contribution is -1.97. The summed E-state index contributed by atoms with van der Waals surface area (Å²) < 4.78 is 0. The Balaban J connectivity index is 3.13. The van der Waals surface area contributed by atoms with Crippen LogP contribution in [0.3, 0.4) is 0 Å². The maximum absolute atomic E-state index is 9.63. The van der Waals surface area contributed by atoms with Gasteiger partial charge in [0.05, 0.1) is 6.10 Å². The minimum absolute atomic E-state index is 0.366. The van der Waals surface area contributed by atoms with Crippen LogP contribution in [-0.4, -0.2) is 5.11 Å². The summed E-state index contributed by atoms with van der Waals surface area (Å²) in [7, 11) is 0. The van der Waals surface area contributed by atoms with Crippen LogP contribution >= 0.6 is 11.6 Å². The summed E-state index contributed by atoms with van der Waals surface area (Å²) in [4.78, 5) is 0. The molecule has 1 aromatic carbocycles. The van der Waals surface area contributed by atoms with Crippen LogP contribution in [0.25, 0.3) is 0 Å². The predicted molar refractivity (Wildman–Crippen MR) is 56.2 cm³/mol. The van der Waals surface area contributed by atoms with Crippen molar-refractivity contribution in [2.75, 3.05) is 0 Å². The van der Waals surface area contributed by atoms with E-state index in [9.17, 15) is 5.11 Å². The summed E-state index contributed by atoms with van der Waals surface area (Å²) in [6, 6.07) is 3.90. The molecule has 0 spiro atoms. The third kappa shape index (κ3) is 2.23. The van der Waals surface area contributed by atoms with Crippen molar-refractivity contribution in [1.29, 1.82) is 0 Å². The van der Waals surface area contributed by atoms with Gasteiger partial charge in [-0.25, -0.2) is 0 Å². The fourth-order valence-corrected chi connectivity index (χ4v) is 1.52. The van der Waals surface area contributed by atoms with Gasteiger partial charge in [0, 0.05) is 5.02 Å². The summed E-state index contributed by atoms with van der Waals surface area (Å²) in [5.74, 6) is 0. The van der Waals surface area contributed by atoms with Crippen LogP contribution < -0.4 is 0 Å². The van der Waals surface area contributed by atoms with Gasteiger partial charge in [0.1, 0.15) is 0 Å². The summed E-state index contributed by atoms with van der Waals surface area (Å²) in [6.45, 7) is 5.88. The van der Waals surface area contributed by atoms with Crippen LogP contribution in [0.15, 0.2) is 12.1 Å². The Bertz CT molecular complexity index is 284. The third-order valence-electron chi connectivity index (χ3n) is 2.23. The number of hydrogen-bond acceptors (Lipinski definition) is 1. The van der Waals surface area contributed by atoms with E-state index in [0.717, 1.165) is 28.1 Å². The smallest absolute Gasteiger partial charge is 0.0787 e. The van der Waals surface area contributed by atoms with E-state index in [1.807, 2.05) is 32.9 Å². The van der Waals surface area contributed by atoms with E-state index in [4.69, 9.17) is 11.6 Å². The number of aliphatic hydroxyl groups is 1. The van der Waals surface area contributed by atoms with Gasteiger partial charge in [-0.3, -0.25) is 0 Å². The highest BCUT2D eigenvalue weighted by Gasteiger charge is 2.08. The first-order valence-corrected chi connectivity index (χ1v) is 4.88. The number of halogens is 1. The zero-order chi connectivity index (χ0) is 10.0. The van der Waals surface area contributed by atoms with E-state index in [-0.39, 0.29) is 6.10 Å². The third-order valence-corrected chi connectivity index (χ3v) is 2.83. The quantitative estimate of drug-likeness (QED) is 0.773. The minimum Gasteiger partial charge on any atom is -0.388 e. The summed E-state index contributed by atoms with van der Waals surface area (Å²) in [5, 5.41) is 10.4. The van der Waals surface area contributed by atoms with Gasteiger partial charge in [-0.05, 0) is 37.0 Å². The van der Waals surface area contributed by atoms with Crippen molar-refractivity contribution in [1.82, 2.24) is 0 Å². The number of benzene rings is 1.